The molecule has 0 fully saturated rings. The predicted molar refractivity (Wildman–Crippen MR) is 63.1 cm³/mol. The Kier molecular flexibility index (Phi) is 2.78. The Labute approximate surface area is 97.0 Å². The topological polar surface area (TPSA) is 66.5 Å². The van der Waals surface area contributed by atoms with Gasteiger partial charge in [-0.05, 0) is 52.7 Å². The zero-order valence-electron chi connectivity index (χ0n) is 8.39. The standard InChI is InChI=1S/C11H14BrNO2/c12-8-6-4-2-1-3-5-7(6)9(13)11(15)10(8)14/h14-15H,1-5,13H2. The SMILES string of the molecule is Nc1c(O)c(O)c(Br)c2c1CCCCC2. The molecule has 4 heteroatoms. The van der Waals surface area contributed by atoms with Gasteiger partial charge in [0.05, 0.1) is 10.2 Å². The molecule has 1 aliphatic carbocycles. The first-order valence-electron chi connectivity index (χ1n) is 5.13. The third kappa shape index (κ3) is 1.67. The zero-order chi connectivity index (χ0) is 11.0. The highest BCUT2D eigenvalue weighted by Crippen LogP contribution is 2.45. The van der Waals surface area contributed by atoms with E-state index < -0.39 is 0 Å². The Balaban J connectivity index is 2.66. The Morgan fingerprint density at radius 3 is 2.20 bits per heavy atom. The highest BCUT2D eigenvalue weighted by atomic mass is 79.9. The van der Waals surface area contributed by atoms with E-state index in [4.69, 9.17) is 5.73 Å². The molecule has 0 unspecified atom stereocenters. The molecule has 0 atom stereocenters. The van der Waals surface area contributed by atoms with Gasteiger partial charge in [0, 0.05) is 0 Å². The maximum absolute atomic E-state index is 9.66. The molecule has 0 spiro atoms. The maximum Gasteiger partial charge on any atom is 0.182 e. The lowest BCUT2D eigenvalue weighted by Gasteiger charge is -2.14. The molecule has 0 aliphatic heterocycles. The summed E-state index contributed by atoms with van der Waals surface area (Å²) < 4.78 is 0.603. The molecule has 0 saturated heterocycles. The van der Waals surface area contributed by atoms with E-state index in [-0.39, 0.29) is 11.5 Å². The quantitative estimate of drug-likeness (QED) is 0.386. The molecule has 15 heavy (non-hydrogen) atoms. The largest absolute Gasteiger partial charge is 0.503 e. The summed E-state index contributed by atoms with van der Waals surface area (Å²) in [5, 5.41) is 19.3. The van der Waals surface area contributed by atoms with Gasteiger partial charge in [-0.25, -0.2) is 0 Å². The van der Waals surface area contributed by atoms with Crippen LogP contribution >= 0.6 is 15.9 Å². The van der Waals surface area contributed by atoms with Crippen LogP contribution in [0.2, 0.25) is 0 Å². The first kappa shape index (κ1) is 10.6. The molecule has 0 amide bonds. The van der Waals surface area contributed by atoms with E-state index in [2.05, 4.69) is 15.9 Å². The van der Waals surface area contributed by atoms with Crippen molar-refractivity contribution in [2.24, 2.45) is 0 Å². The maximum atomic E-state index is 9.66. The average molecular weight is 272 g/mol. The summed E-state index contributed by atoms with van der Waals surface area (Å²) in [6.45, 7) is 0. The fraction of sp³-hybridized carbons (Fsp3) is 0.455. The summed E-state index contributed by atoms with van der Waals surface area (Å²) in [7, 11) is 0. The van der Waals surface area contributed by atoms with Crippen LogP contribution in [0.15, 0.2) is 4.47 Å². The number of hydrogen-bond acceptors (Lipinski definition) is 3. The van der Waals surface area contributed by atoms with Crippen molar-refractivity contribution in [1.29, 1.82) is 0 Å². The fourth-order valence-corrected chi connectivity index (χ4v) is 2.76. The van der Waals surface area contributed by atoms with Crippen molar-refractivity contribution in [2.75, 3.05) is 5.73 Å². The zero-order valence-corrected chi connectivity index (χ0v) is 9.97. The average Bonchev–Trinajstić information content (AvgIpc) is 2.48. The molecule has 1 aromatic rings. The number of fused-ring (bicyclic) bond motifs is 1. The monoisotopic (exact) mass is 271 g/mol. The van der Waals surface area contributed by atoms with Crippen molar-refractivity contribution in [3.05, 3.63) is 15.6 Å². The molecule has 4 N–H and O–H groups in total. The second-order valence-corrected chi connectivity index (χ2v) is 4.74. The third-order valence-electron chi connectivity index (χ3n) is 3.00. The summed E-state index contributed by atoms with van der Waals surface area (Å²) in [6.07, 6.45) is 5.16. The van der Waals surface area contributed by atoms with Gasteiger partial charge >= 0.3 is 0 Å². The van der Waals surface area contributed by atoms with Crippen LogP contribution < -0.4 is 5.73 Å². The fourth-order valence-electron chi connectivity index (χ4n) is 2.14. The molecule has 0 saturated carbocycles. The van der Waals surface area contributed by atoms with Crippen molar-refractivity contribution < 1.29 is 10.2 Å². The van der Waals surface area contributed by atoms with Crippen LogP contribution in [0, 0.1) is 0 Å². The van der Waals surface area contributed by atoms with Crippen molar-refractivity contribution >= 4 is 21.6 Å². The minimum atomic E-state index is -0.192. The first-order valence-corrected chi connectivity index (χ1v) is 5.92. The number of halogens is 1. The molecule has 2 rings (SSSR count). The number of phenols is 2. The van der Waals surface area contributed by atoms with E-state index in [1.807, 2.05) is 0 Å². The number of anilines is 1. The Bertz CT molecular complexity index is 367. The molecule has 0 bridgehead atoms. The number of nitrogen functional groups attached to an aromatic ring is 1. The van der Waals surface area contributed by atoms with Gasteiger partial charge in [0.25, 0.3) is 0 Å². The lowest BCUT2D eigenvalue weighted by Crippen LogP contribution is -2.00. The van der Waals surface area contributed by atoms with Crippen molar-refractivity contribution in [2.45, 2.75) is 32.1 Å². The van der Waals surface area contributed by atoms with Crippen LogP contribution in [-0.2, 0) is 12.8 Å². The minimum absolute atomic E-state index is 0.131. The Morgan fingerprint density at radius 1 is 0.933 bits per heavy atom. The summed E-state index contributed by atoms with van der Waals surface area (Å²) in [6, 6.07) is 0. The summed E-state index contributed by atoms with van der Waals surface area (Å²) in [5.74, 6) is -0.323. The van der Waals surface area contributed by atoms with E-state index in [9.17, 15) is 10.2 Å². The molecule has 0 radical (unpaired) electrons. The second kappa shape index (κ2) is 3.93. The summed E-state index contributed by atoms with van der Waals surface area (Å²) >= 11 is 3.32. The van der Waals surface area contributed by atoms with Crippen LogP contribution in [0.5, 0.6) is 11.5 Å². The van der Waals surface area contributed by atoms with Crippen LogP contribution in [-0.4, -0.2) is 10.2 Å². The van der Waals surface area contributed by atoms with Gasteiger partial charge in [-0.3, -0.25) is 0 Å². The number of hydrogen-bond donors (Lipinski definition) is 3. The van der Waals surface area contributed by atoms with Gasteiger partial charge in [-0.15, -0.1) is 0 Å². The lowest BCUT2D eigenvalue weighted by molar-refractivity contribution is 0.402. The number of benzene rings is 1. The molecule has 1 aliphatic rings. The predicted octanol–water partition coefficient (Wildman–Crippen LogP) is 2.71. The van der Waals surface area contributed by atoms with Gasteiger partial charge in [0.15, 0.2) is 11.5 Å². The van der Waals surface area contributed by atoms with Crippen molar-refractivity contribution in [3.8, 4) is 11.5 Å². The first-order chi connectivity index (χ1) is 7.13. The van der Waals surface area contributed by atoms with E-state index in [1.165, 1.54) is 6.42 Å². The third-order valence-corrected chi connectivity index (χ3v) is 3.85. The normalized spacial score (nSPS) is 15.8. The van der Waals surface area contributed by atoms with Crippen molar-refractivity contribution in [3.63, 3.8) is 0 Å². The van der Waals surface area contributed by atoms with Gasteiger partial charge in [0.1, 0.15) is 0 Å². The van der Waals surface area contributed by atoms with Gasteiger partial charge in [0.2, 0.25) is 0 Å². The van der Waals surface area contributed by atoms with Crippen LogP contribution in [0.1, 0.15) is 30.4 Å². The molecular weight excluding hydrogens is 258 g/mol. The van der Waals surface area contributed by atoms with Gasteiger partial charge < -0.3 is 15.9 Å². The highest BCUT2D eigenvalue weighted by molar-refractivity contribution is 9.10. The summed E-state index contributed by atoms with van der Waals surface area (Å²) in [4.78, 5) is 0. The second-order valence-electron chi connectivity index (χ2n) is 3.94. The number of phenolic OH excluding ortho intramolecular Hbond substituents is 2. The molecule has 82 valence electrons. The molecule has 0 heterocycles. The minimum Gasteiger partial charge on any atom is -0.503 e. The summed E-state index contributed by atoms with van der Waals surface area (Å²) in [5.41, 5.74) is 8.20. The molecule has 1 aromatic carbocycles. The van der Waals surface area contributed by atoms with E-state index >= 15 is 0 Å². The van der Waals surface area contributed by atoms with Crippen LogP contribution in [0.25, 0.3) is 0 Å². The van der Waals surface area contributed by atoms with E-state index in [1.54, 1.807) is 0 Å². The van der Waals surface area contributed by atoms with Crippen LogP contribution in [0.4, 0.5) is 5.69 Å². The van der Waals surface area contributed by atoms with E-state index in [0.717, 1.165) is 36.8 Å². The molecular formula is C11H14BrNO2. The number of rotatable bonds is 0. The number of aromatic hydroxyl groups is 2. The Hall–Kier alpha value is -0.900. The number of nitrogens with two attached hydrogens (primary N) is 1. The lowest BCUT2D eigenvalue weighted by atomic mass is 10.00. The molecule has 3 nitrogen and oxygen atoms in total. The van der Waals surface area contributed by atoms with Crippen LogP contribution in [0.3, 0.4) is 0 Å². The highest BCUT2D eigenvalue weighted by Gasteiger charge is 2.21. The van der Waals surface area contributed by atoms with Gasteiger partial charge in [-0.2, -0.15) is 0 Å². The van der Waals surface area contributed by atoms with Gasteiger partial charge in [-0.1, -0.05) is 6.42 Å². The smallest absolute Gasteiger partial charge is 0.182 e. The van der Waals surface area contributed by atoms with E-state index in [0.29, 0.717) is 10.2 Å². The van der Waals surface area contributed by atoms with Crippen molar-refractivity contribution in [1.82, 2.24) is 0 Å². The molecule has 0 aromatic heterocycles. The Morgan fingerprint density at radius 2 is 1.53 bits per heavy atom.